The molecule has 1 saturated heterocycles. The van der Waals surface area contributed by atoms with Crippen LogP contribution >= 0.6 is 0 Å². The van der Waals surface area contributed by atoms with Gasteiger partial charge in [-0.25, -0.2) is 0 Å². The SMILES string of the molecule is Cc1ccc(NS(=O)(=O)N2CCC(CN)CC2)cc1C. The van der Waals surface area contributed by atoms with Crippen LogP contribution in [0.3, 0.4) is 0 Å². The van der Waals surface area contributed by atoms with Gasteiger partial charge in [-0.15, -0.1) is 0 Å². The Morgan fingerprint density at radius 3 is 2.45 bits per heavy atom. The van der Waals surface area contributed by atoms with Crippen LogP contribution in [0.15, 0.2) is 18.2 Å². The van der Waals surface area contributed by atoms with Gasteiger partial charge in [0, 0.05) is 13.1 Å². The van der Waals surface area contributed by atoms with Crippen molar-refractivity contribution in [1.82, 2.24) is 4.31 Å². The maximum atomic E-state index is 12.3. The van der Waals surface area contributed by atoms with E-state index >= 15 is 0 Å². The summed E-state index contributed by atoms with van der Waals surface area (Å²) in [6.07, 6.45) is 1.68. The van der Waals surface area contributed by atoms with Gasteiger partial charge >= 0.3 is 10.2 Å². The normalized spacial score (nSPS) is 18.1. The summed E-state index contributed by atoms with van der Waals surface area (Å²) in [5.41, 5.74) is 8.47. The maximum Gasteiger partial charge on any atom is 0.301 e. The number of hydrogen-bond donors (Lipinski definition) is 2. The van der Waals surface area contributed by atoms with Crippen LogP contribution in [-0.2, 0) is 10.2 Å². The van der Waals surface area contributed by atoms with Crippen molar-refractivity contribution in [2.45, 2.75) is 26.7 Å². The zero-order valence-electron chi connectivity index (χ0n) is 12.1. The Morgan fingerprint density at radius 1 is 1.25 bits per heavy atom. The zero-order valence-corrected chi connectivity index (χ0v) is 12.9. The summed E-state index contributed by atoms with van der Waals surface area (Å²) in [6.45, 7) is 5.70. The van der Waals surface area contributed by atoms with E-state index in [0.29, 0.717) is 31.2 Å². The molecule has 2 rings (SSSR count). The fraction of sp³-hybridized carbons (Fsp3) is 0.571. The third kappa shape index (κ3) is 3.50. The van der Waals surface area contributed by atoms with E-state index < -0.39 is 10.2 Å². The van der Waals surface area contributed by atoms with Gasteiger partial charge in [0.05, 0.1) is 5.69 Å². The zero-order chi connectivity index (χ0) is 14.8. The van der Waals surface area contributed by atoms with Crippen LogP contribution < -0.4 is 10.5 Å². The molecule has 0 aromatic heterocycles. The van der Waals surface area contributed by atoms with Gasteiger partial charge in [-0.05, 0) is 62.4 Å². The highest BCUT2D eigenvalue weighted by atomic mass is 32.2. The monoisotopic (exact) mass is 297 g/mol. The van der Waals surface area contributed by atoms with Gasteiger partial charge in [0.2, 0.25) is 0 Å². The molecule has 20 heavy (non-hydrogen) atoms. The van der Waals surface area contributed by atoms with Crippen molar-refractivity contribution in [3.63, 3.8) is 0 Å². The van der Waals surface area contributed by atoms with Crippen molar-refractivity contribution in [2.24, 2.45) is 11.7 Å². The number of rotatable bonds is 4. The summed E-state index contributed by atoms with van der Waals surface area (Å²) >= 11 is 0. The molecule has 0 bridgehead atoms. The standard InChI is InChI=1S/C14H23N3O2S/c1-11-3-4-14(9-12(11)2)16-20(18,19)17-7-5-13(10-15)6-8-17/h3-4,9,13,16H,5-8,10,15H2,1-2H3. The molecule has 0 unspecified atom stereocenters. The molecule has 0 spiro atoms. The number of nitrogens with one attached hydrogen (secondary N) is 1. The van der Waals surface area contributed by atoms with E-state index in [4.69, 9.17) is 5.73 Å². The number of nitrogens with zero attached hydrogens (tertiary/aromatic N) is 1. The Bertz CT molecular complexity index is 564. The molecule has 3 N–H and O–H groups in total. The van der Waals surface area contributed by atoms with Crippen molar-refractivity contribution in [2.75, 3.05) is 24.4 Å². The van der Waals surface area contributed by atoms with Gasteiger partial charge in [-0.1, -0.05) is 6.07 Å². The van der Waals surface area contributed by atoms with E-state index in [-0.39, 0.29) is 0 Å². The highest BCUT2D eigenvalue weighted by Crippen LogP contribution is 2.21. The second kappa shape index (κ2) is 6.11. The lowest BCUT2D eigenvalue weighted by atomic mass is 9.99. The quantitative estimate of drug-likeness (QED) is 0.887. The molecule has 1 aromatic carbocycles. The number of nitrogens with two attached hydrogens (primary N) is 1. The summed E-state index contributed by atoms with van der Waals surface area (Å²) in [6, 6.07) is 5.58. The molecule has 1 fully saturated rings. The summed E-state index contributed by atoms with van der Waals surface area (Å²) in [7, 11) is -3.46. The van der Waals surface area contributed by atoms with E-state index in [1.807, 2.05) is 26.0 Å². The number of anilines is 1. The van der Waals surface area contributed by atoms with Gasteiger partial charge < -0.3 is 5.73 Å². The molecule has 5 nitrogen and oxygen atoms in total. The molecule has 6 heteroatoms. The van der Waals surface area contributed by atoms with E-state index in [1.165, 1.54) is 4.31 Å². The van der Waals surface area contributed by atoms with E-state index in [1.54, 1.807) is 6.07 Å². The van der Waals surface area contributed by atoms with Crippen molar-refractivity contribution in [3.05, 3.63) is 29.3 Å². The molecule has 1 heterocycles. The summed E-state index contributed by atoms with van der Waals surface area (Å²) in [4.78, 5) is 0. The lowest BCUT2D eigenvalue weighted by Crippen LogP contribution is -2.42. The third-order valence-electron chi connectivity index (χ3n) is 4.00. The minimum Gasteiger partial charge on any atom is -0.330 e. The van der Waals surface area contributed by atoms with E-state index in [0.717, 1.165) is 24.0 Å². The average Bonchev–Trinajstić information content (AvgIpc) is 2.43. The van der Waals surface area contributed by atoms with Crippen LogP contribution in [0.4, 0.5) is 5.69 Å². The highest BCUT2D eigenvalue weighted by molar-refractivity contribution is 7.90. The van der Waals surface area contributed by atoms with Crippen LogP contribution in [0.5, 0.6) is 0 Å². The predicted molar refractivity (Wildman–Crippen MR) is 81.8 cm³/mol. The molecule has 1 aliphatic heterocycles. The molecular formula is C14H23N3O2S. The first-order valence-corrected chi connectivity index (χ1v) is 8.41. The van der Waals surface area contributed by atoms with Crippen molar-refractivity contribution in [1.29, 1.82) is 0 Å². The molecule has 0 aliphatic carbocycles. The number of hydrogen-bond acceptors (Lipinski definition) is 3. The Kier molecular flexibility index (Phi) is 4.67. The van der Waals surface area contributed by atoms with Crippen LogP contribution in [0, 0.1) is 19.8 Å². The molecule has 0 atom stereocenters. The molecule has 1 aromatic rings. The molecule has 0 saturated carbocycles. The number of benzene rings is 1. The Hall–Kier alpha value is -1.11. The minimum absolute atomic E-state index is 0.447. The largest absolute Gasteiger partial charge is 0.330 e. The first-order chi connectivity index (χ1) is 9.42. The lowest BCUT2D eigenvalue weighted by Gasteiger charge is -2.30. The molecule has 0 amide bonds. The predicted octanol–water partition coefficient (Wildman–Crippen LogP) is 1.63. The lowest BCUT2D eigenvalue weighted by molar-refractivity contribution is 0.280. The third-order valence-corrected chi connectivity index (χ3v) is 5.54. The van der Waals surface area contributed by atoms with Crippen LogP contribution in [0.2, 0.25) is 0 Å². The van der Waals surface area contributed by atoms with Crippen LogP contribution in [-0.4, -0.2) is 32.4 Å². The van der Waals surface area contributed by atoms with Crippen molar-refractivity contribution in [3.8, 4) is 0 Å². The van der Waals surface area contributed by atoms with Crippen molar-refractivity contribution >= 4 is 15.9 Å². The second-order valence-electron chi connectivity index (χ2n) is 5.48. The summed E-state index contributed by atoms with van der Waals surface area (Å²) in [5, 5.41) is 0. The fourth-order valence-corrected chi connectivity index (χ4v) is 3.65. The van der Waals surface area contributed by atoms with Gasteiger partial charge in [0.1, 0.15) is 0 Å². The Balaban J connectivity index is 2.05. The number of aryl methyl sites for hydroxylation is 2. The molecule has 1 aliphatic rings. The summed E-state index contributed by atoms with van der Waals surface area (Å²) in [5.74, 6) is 0.447. The molecular weight excluding hydrogens is 274 g/mol. The topological polar surface area (TPSA) is 75.4 Å². The van der Waals surface area contributed by atoms with Gasteiger partial charge in [0.25, 0.3) is 0 Å². The van der Waals surface area contributed by atoms with Gasteiger partial charge in [-0.2, -0.15) is 12.7 Å². The van der Waals surface area contributed by atoms with Crippen molar-refractivity contribution < 1.29 is 8.42 Å². The maximum absolute atomic E-state index is 12.3. The Labute approximate surface area is 121 Å². The summed E-state index contributed by atoms with van der Waals surface area (Å²) < 4.78 is 28.8. The minimum atomic E-state index is -3.46. The highest BCUT2D eigenvalue weighted by Gasteiger charge is 2.27. The molecule has 0 radical (unpaired) electrons. The number of piperidine rings is 1. The van der Waals surface area contributed by atoms with Gasteiger partial charge in [-0.3, -0.25) is 4.72 Å². The second-order valence-corrected chi connectivity index (χ2v) is 7.15. The van der Waals surface area contributed by atoms with Gasteiger partial charge in [0.15, 0.2) is 0 Å². The molecule has 112 valence electrons. The first-order valence-electron chi connectivity index (χ1n) is 6.97. The fourth-order valence-electron chi connectivity index (χ4n) is 2.40. The Morgan fingerprint density at radius 2 is 1.90 bits per heavy atom. The average molecular weight is 297 g/mol. The van der Waals surface area contributed by atoms with E-state index in [9.17, 15) is 8.42 Å². The van der Waals surface area contributed by atoms with Crippen LogP contribution in [0.25, 0.3) is 0 Å². The first kappa shape index (κ1) is 15.3. The van der Waals surface area contributed by atoms with Crippen LogP contribution in [0.1, 0.15) is 24.0 Å². The van der Waals surface area contributed by atoms with E-state index in [2.05, 4.69) is 4.72 Å². The smallest absolute Gasteiger partial charge is 0.301 e.